The average Bonchev–Trinajstić information content (AvgIpc) is 3.05. The average molecular weight is 711 g/mol. The number of hydrogen-bond acceptors (Lipinski definition) is 9. The SMILES string of the molecule is C[C@H](CC(=O)N[C@H](C)CC(=O)N[C@@H](CCCCNC(=O)OCc1ccccc1)C(=O)OCc1ccccc1)NC(=O)C[C@@H](C)NC(=O)C[C@@H](C)N. The Bertz CT molecular complexity index is 1390. The largest absolute Gasteiger partial charge is 0.459 e. The van der Waals surface area contributed by atoms with Gasteiger partial charge in [-0.3, -0.25) is 19.2 Å². The van der Waals surface area contributed by atoms with Crippen LogP contribution < -0.4 is 32.3 Å². The molecule has 5 atom stereocenters. The van der Waals surface area contributed by atoms with E-state index in [4.69, 9.17) is 15.2 Å². The van der Waals surface area contributed by atoms with Crippen LogP contribution in [0, 0.1) is 0 Å². The van der Waals surface area contributed by atoms with Gasteiger partial charge in [-0.2, -0.15) is 0 Å². The number of benzene rings is 2. The first-order chi connectivity index (χ1) is 24.3. The van der Waals surface area contributed by atoms with Crippen molar-refractivity contribution in [3.8, 4) is 0 Å². The summed E-state index contributed by atoms with van der Waals surface area (Å²) in [5, 5.41) is 13.6. The standard InChI is InChI=1S/C37H54N6O8/c1-25(38)19-32(44)40-26(2)20-33(45)41-27(3)21-34(46)42-28(4)22-35(47)43-31(36(48)50-23-29-13-7-5-8-14-29)17-11-12-18-39-37(49)51-24-30-15-9-6-10-16-30/h5-10,13-16,25-28,31H,11-12,17-24,38H2,1-4H3,(H,39,49)(H,40,44)(H,41,45)(H,42,46)(H,43,47)/t25-,26-,27-,28-,31+/m1/s1. The first kappa shape index (κ1) is 42.2. The van der Waals surface area contributed by atoms with E-state index in [2.05, 4.69) is 26.6 Å². The molecular weight excluding hydrogens is 656 g/mol. The number of alkyl carbamates (subject to hydrolysis) is 1. The number of nitrogens with two attached hydrogens (primary N) is 1. The molecule has 14 nitrogen and oxygen atoms in total. The van der Waals surface area contributed by atoms with Gasteiger partial charge in [0.15, 0.2) is 0 Å². The molecule has 5 amide bonds. The fourth-order valence-electron chi connectivity index (χ4n) is 5.05. The van der Waals surface area contributed by atoms with Crippen LogP contribution in [0.5, 0.6) is 0 Å². The normalized spacial score (nSPS) is 13.7. The van der Waals surface area contributed by atoms with E-state index in [1.54, 1.807) is 27.7 Å². The fraction of sp³-hybridized carbons (Fsp3) is 0.514. The minimum Gasteiger partial charge on any atom is -0.459 e. The summed E-state index contributed by atoms with van der Waals surface area (Å²) in [6, 6.07) is 15.8. The van der Waals surface area contributed by atoms with E-state index in [0.29, 0.717) is 19.4 Å². The maximum atomic E-state index is 13.0. The summed E-state index contributed by atoms with van der Waals surface area (Å²) in [6.07, 6.45) is 0.831. The van der Waals surface area contributed by atoms with E-state index < -0.39 is 42.1 Å². The highest BCUT2D eigenvalue weighted by molar-refractivity contribution is 5.85. The molecule has 0 aliphatic carbocycles. The highest BCUT2D eigenvalue weighted by atomic mass is 16.5. The van der Waals surface area contributed by atoms with Gasteiger partial charge in [0.05, 0.1) is 0 Å². The van der Waals surface area contributed by atoms with E-state index in [-0.39, 0.29) is 69.1 Å². The monoisotopic (exact) mass is 710 g/mol. The smallest absolute Gasteiger partial charge is 0.407 e. The second kappa shape index (κ2) is 23.4. The second-order valence-corrected chi connectivity index (χ2v) is 12.9. The van der Waals surface area contributed by atoms with E-state index >= 15 is 0 Å². The number of carbonyl (C=O) groups is 6. The number of amides is 5. The van der Waals surface area contributed by atoms with Crippen molar-refractivity contribution in [2.45, 2.75) is 116 Å². The molecule has 0 aliphatic rings. The van der Waals surface area contributed by atoms with Gasteiger partial charge in [0.1, 0.15) is 19.3 Å². The number of nitrogens with one attached hydrogen (secondary N) is 5. The lowest BCUT2D eigenvalue weighted by atomic mass is 10.1. The van der Waals surface area contributed by atoms with Crippen molar-refractivity contribution in [3.05, 3.63) is 71.8 Å². The van der Waals surface area contributed by atoms with Crippen LogP contribution in [0.15, 0.2) is 60.7 Å². The van der Waals surface area contributed by atoms with Gasteiger partial charge in [-0.1, -0.05) is 60.7 Å². The van der Waals surface area contributed by atoms with Crippen LogP contribution in [-0.2, 0) is 46.7 Å². The molecule has 14 heteroatoms. The first-order valence-corrected chi connectivity index (χ1v) is 17.4. The van der Waals surface area contributed by atoms with Crippen molar-refractivity contribution in [3.63, 3.8) is 0 Å². The molecule has 0 heterocycles. The van der Waals surface area contributed by atoms with Gasteiger partial charge in [0.2, 0.25) is 23.6 Å². The van der Waals surface area contributed by atoms with Crippen molar-refractivity contribution in [2.75, 3.05) is 6.54 Å². The number of ether oxygens (including phenoxy) is 2. The Hall–Kier alpha value is -4.98. The zero-order valence-electron chi connectivity index (χ0n) is 30.1. The van der Waals surface area contributed by atoms with Gasteiger partial charge in [-0.05, 0) is 58.1 Å². The van der Waals surface area contributed by atoms with Crippen LogP contribution in [0.2, 0.25) is 0 Å². The maximum Gasteiger partial charge on any atom is 0.407 e. The number of carbonyl (C=O) groups excluding carboxylic acids is 6. The lowest BCUT2D eigenvalue weighted by Crippen LogP contribution is -2.45. The minimum atomic E-state index is -0.935. The van der Waals surface area contributed by atoms with Crippen molar-refractivity contribution < 1.29 is 38.2 Å². The van der Waals surface area contributed by atoms with Crippen LogP contribution in [0.1, 0.15) is 83.8 Å². The molecule has 0 spiro atoms. The van der Waals surface area contributed by atoms with Crippen LogP contribution in [-0.4, -0.2) is 72.4 Å². The predicted octanol–water partition coefficient (Wildman–Crippen LogP) is 2.73. The fourth-order valence-corrected chi connectivity index (χ4v) is 5.05. The molecule has 0 saturated heterocycles. The molecule has 0 aromatic heterocycles. The van der Waals surface area contributed by atoms with Crippen molar-refractivity contribution in [1.29, 1.82) is 0 Å². The third-order valence-corrected chi connectivity index (χ3v) is 7.45. The van der Waals surface area contributed by atoms with Gasteiger partial charge in [-0.15, -0.1) is 0 Å². The maximum absolute atomic E-state index is 13.0. The molecule has 0 bridgehead atoms. The van der Waals surface area contributed by atoms with Gasteiger partial charge in [0.25, 0.3) is 0 Å². The van der Waals surface area contributed by atoms with Gasteiger partial charge in [0, 0.05) is 56.4 Å². The molecule has 2 rings (SSSR count). The van der Waals surface area contributed by atoms with Gasteiger partial charge < -0.3 is 41.8 Å². The van der Waals surface area contributed by atoms with E-state index in [1.165, 1.54) is 0 Å². The van der Waals surface area contributed by atoms with Crippen molar-refractivity contribution >= 4 is 35.7 Å². The summed E-state index contributed by atoms with van der Waals surface area (Å²) in [6.45, 7) is 7.29. The quantitative estimate of drug-likeness (QED) is 0.0784. The van der Waals surface area contributed by atoms with Crippen LogP contribution in [0.25, 0.3) is 0 Å². The number of esters is 1. The molecule has 0 fully saturated rings. The topological polar surface area (TPSA) is 207 Å². The summed E-state index contributed by atoms with van der Waals surface area (Å²) in [5.41, 5.74) is 7.30. The lowest BCUT2D eigenvalue weighted by molar-refractivity contribution is -0.149. The molecule has 0 aliphatic heterocycles. The van der Waals surface area contributed by atoms with Crippen LogP contribution in [0.3, 0.4) is 0 Å². The second-order valence-electron chi connectivity index (χ2n) is 12.9. The Morgan fingerprint density at radius 1 is 0.588 bits per heavy atom. The lowest BCUT2D eigenvalue weighted by Gasteiger charge is -2.21. The molecule has 0 unspecified atom stereocenters. The zero-order valence-corrected chi connectivity index (χ0v) is 30.1. The Balaban J connectivity index is 1.79. The molecule has 2 aromatic rings. The van der Waals surface area contributed by atoms with E-state index in [0.717, 1.165) is 11.1 Å². The molecule has 7 N–H and O–H groups in total. The van der Waals surface area contributed by atoms with Crippen molar-refractivity contribution in [1.82, 2.24) is 26.6 Å². The summed E-state index contributed by atoms with van der Waals surface area (Å²) in [5.74, 6) is -1.97. The predicted molar refractivity (Wildman–Crippen MR) is 192 cm³/mol. The summed E-state index contributed by atoms with van der Waals surface area (Å²) >= 11 is 0. The highest BCUT2D eigenvalue weighted by Gasteiger charge is 2.24. The highest BCUT2D eigenvalue weighted by Crippen LogP contribution is 2.08. The first-order valence-electron chi connectivity index (χ1n) is 17.4. The Kier molecular flexibility index (Phi) is 19.4. The number of hydrogen-bond donors (Lipinski definition) is 6. The Morgan fingerprint density at radius 2 is 1.02 bits per heavy atom. The minimum absolute atomic E-state index is 0.0224. The molecule has 280 valence electrons. The van der Waals surface area contributed by atoms with Crippen molar-refractivity contribution in [2.24, 2.45) is 5.73 Å². The number of unbranched alkanes of at least 4 members (excludes halogenated alkanes) is 1. The third-order valence-electron chi connectivity index (χ3n) is 7.45. The molecule has 2 aromatic carbocycles. The van der Waals surface area contributed by atoms with Crippen LogP contribution in [0.4, 0.5) is 4.79 Å². The molecular formula is C37H54N6O8. The van der Waals surface area contributed by atoms with Gasteiger partial charge in [-0.25, -0.2) is 9.59 Å². The van der Waals surface area contributed by atoms with Gasteiger partial charge >= 0.3 is 12.1 Å². The summed E-state index contributed by atoms with van der Waals surface area (Å²) < 4.78 is 10.7. The zero-order chi connectivity index (χ0) is 37.6. The Morgan fingerprint density at radius 3 is 1.49 bits per heavy atom. The molecule has 0 saturated carbocycles. The third kappa shape index (κ3) is 19.7. The van der Waals surface area contributed by atoms with E-state index in [1.807, 2.05) is 60.7 Å². The molecule has 51 heavy (non-hydrogen) atoms. The summed E-state index contributed by atoms with van der Waals surface area (Å²) in [4.78, 5) is 74.9. The Labute approximate surface area is 300 Å². The number of rotatable bonds is 22. The molecule has 0 radical (unpaired) electrons. The summed E-state index contributed by atoms with van der Waals surface area (Å²) in [7, 11) is 0. The van der Waals surface area contributed by atoms with E-state index in [9.17, 15) is 28.8 Å². The van der Waals surface area contributed by atoms with Crippen LogP contribution >= 0.6 is 0 Å².